The van der Waals surface area contributed by atoms with Crippen LogP contribution in [0.2, 0.25) is 0 Å². The van der Waals surface area contributed by atoms with Crippen molar-refractivity contribution in [2.75, 3.05) is 0 Å². The predicted octanol–water partition coefficient (Wildman–Crippen LogP) is 3.24. The standard InChI is InChI=1S/C20H18F2N4O2/c1-3-10-26-20(28)15-7-5-4-6-14(15)18(25-26)19(27)24-23-12(2)16-11-13(21)8-9-17(16)22/h4-9,11H,3,10H2,1-2H3,(H,24,27)/b23-12-. The second-order valence-electron chi connectivity index (χ2n) is 6.18. The number of rotatable bonds is 5. The fraction of sp³-hybridized carbons (Fsp3) is 0.200. The van der Waals surface area contributed by atoms with Gasteiger partial charge in [0.15, 0.2) is 5.69 Å². The molecule has 0 aliphatic carbocycles. The highest BCUT2D eigenvalue weighted by Gasteiger charge is 2.16. The number of hydrazone groups is 1. The zero-order valence-corrected chi connectivity index (χ0v) is 15.4. The second kappa shape index (κ2) is 8.08. The smallest absolute Gasteiger partial charge is 0.267 e. The molecule has 3 aromatic rings. The maximum Gasteiger partial charge on any atom is 0.292 e. The fourth-order valence-corrected chi connectivity index (χ4v) is 2.79. The Labute approximate surface area is 159 Å². The van der Waals surface area contributed by atoms with Gasteiger partial charge in [-0.25, -0.2) is 18.9 Å². The molecule has 0 atom stereocenters. The Morgan fingerprint density at radius 3 is 2.61 bits per heavy atom. The number of carbonyl (C=O) groups excluding carboxylic acids is 1. The van der Waals surface area contributed by atoms with Crippen molar-refractivity contribution in [3.63, 3.8) is 0 Å². The SMILES string of the molecule is CCCn1nc(C(=O)N/N=C(/C)c2cc(F)ccc2F)c2ccccc2c1=O. The van der Waals surface area contributed by atoms with Crippen molar-refractivity contribution in [3.8, 4) is 0 Å². The quantitative estimate of drug-likeness (QED) is 0.542. The Morgan fingerprint density at radius 2 is 1.89 bits per heavy atom. The van der Waals surface area contributed by atoms with Crippen LogP contribution in [0.5, 0.6) is 0 Å². The van der Waals surface area contributed by atoms with Gasteiger partial charge in [0.25, 0.3) is 11.5 Å². The first kappa shape index (κ1) is 19.3. The number of aryl methyl sites for hydroxylation is 1. The zero-order valence-electron chi connectivity index (χ0n) is 15.4. The number of aromatic nitrogens is 2. The molecule has 28 heavy (non-hydrogen) atoms. The Kier molecular flexibility index (Phi) is 5.58. The molecule has 6 nitrogen and oxygen atoms in total. The Balaban J connectivity index is 1.98. The van der Waals surface area contributed by atoms with Gasteiger partial charge in [-0.3, -0.25) is 9.59 Å². The highest BCUT2D eigenvalue weighted by Crippen LogP contribution is 2.14. The van der Waals surface area contributed by atoms with Gasteiger partial charge >= 0.3 is 0 Å². The highest BCUT2D eigenvalue weighted by molar-refractivity contribution is 6.06. The number of fused-ring (bicyclic) bond motifs is 1. The van der Waals surface area contributed by atoms with E-state index in [4.69, 9.17) is 0 Å². The maximum atomic E-state index is 13.8. The van der Waals surface area contributed by atoms with Gasteiger partial charge in [0.1, 0.15) is 11.6 Å². The van der Waals surface area contributed by atoms with Gasteiger partial charge < -0.3 is 0 Å². The molecule has 8 heteroatoms. The van der Waals surface area contributed by atoms with Gasteiger partial charge in [0.05, 0.1) is 11.1 Å². The molecule has 2 aromatic carbocycles. The van der Waals surface area contributed by atoms with E-state index in [0.29, 0.717) is 23.7 Å². The summed E-state index contributed by atoms with van der Waals surface area (Å²) < 4.78 is 28.4. The van der Waals surface area contributed by atoms with E-state index in [1.54, 1.807) is 24.3 Å². The van der Waals surface area contributed by atoms with E-state index in [1.165, 1.54) is 11.6 Å². The van der Waals surface area contributed by atoms with E-state index in [2.05, 4.69) is 15.6 Å². The van der Waals surface area contributed by atoms with E-state index in [9.17, 15) is 18.4 Å². The van der Waals surface area contributed by atoms with E-state index in [1.807, 2.05) is 6.92 Å². The minimum absolute atomic E-state index is 0.0277. The van der Waals surface area contributed by atoms with Crippen molar-refractivity contribution in [1.82, 2.24) is 15.2 Å². The Morgan fingerprint density at radius 1 is 1.18 bits per heavy atom. The van der Waals surface area contributed by atoms with Crippen LogP contribution < -0.4 is 11.0 Å². The molecule has 0 fully saturated rings. The van der Waals surface area contributed by atoms with E-state index in [-0.39, 0.29) is 22.5 Å². The molecule has 1 aromatic heterocycles. The Bertz CT molecular complexity index is 1140. The molecule has 3 rings (SSSR count). The van der Waals surface area contributed by atoms with Crippen LogP contribution in [-0.4, -0.2) is 21.4 Å². The summed E-state index contributed by atoms with van der Waals surface area (Å²) in [7, 11) is 0. The molecule has 1 amide bonds. The van der Waals surface area contributed by atoms with Crippen LogP contribution in [0.1, 0.15) is 36.3 Å². The van der Waals surface area contributed by atoms with E-state index < -0.39 is 17.5 Å². The first-order valence-electron chi connectivity index (χ1n) is 8.72. The molecule has 144 valence electrons. The summed E-state index contributed by atoms with van der Waals surface area (Å²) in [6.07, 6.45) is 0.669. The lowest BCUT2D eigenvalue weighted by atomic mass is 10.1. The normalized spacial score (nSPS) is 11.6. The van der Waals surface area contributed by atoms with Crippen molar-refractivity contribution in [2.24, 2.45) is 5.10 Å². The lowest BCUT2D eigenvalue weighted by Crippen LogP contribution is -2.29. The lowest BCUT2D eigenvalue weighted by molar-refractivity contribution is 0.0949. The third-order valence-corrected chi connectivity index (χ3v) is 4.16. The van der Waals surface area contributed by atoms with Gasteiger partial charge in [-0.05, 0) is 37.6 Å². The third kappa shape index (κ3) is 3.80. The van der Waals surface area contributed by atoms with Crippen LogP contribution in [0.4, 0.5) is 8.78 Å². The van der Waals surface area contributed by atoms with Gasteiger partial charge in [0, 0.05) is 17.5 Å². The van der Waals surface area contributed by atoms with Crippen LogP contribution in [0.25, 0.3) is 10.8 Å². The highest BCUT2D eigenvalue weighted by atomic mass is 19.1. The monoisotopic (exact) mass is 384 g/mol. The molecule has 0 aliphatic rings. The van der Waals surface area contributed by atoms with Crippen molar-refractivity contribution in [1.29, 1.82) is 0 Å². The zero-order chi connectivity index (χ0) is 20.3. The summed E-state index contributed by atoms with van der Waals surface area (Å²) in [6.45, 7) is 3.70. The first-order valence-corrected chi connectivity index (χ1v) is 8.72. The number of nitrogens with zero attached hydrogens (tertiary/aromatic N) is 3. The van der Waals surface area contributed by atoms with Crippen LogP contribution in [0, 0.1) is 11.6 Å². The number of nitrogens with one attached hydrogen (secondary N) is 1. The van der Waals surface area contributed by atoms with Crippen molar-refractivity contribution in [3.05, 3.63) is 75.7 Å². The lowest BCUT2D eigenvalue weighted by Gasteiger charge is -2.10. The molecular weight excluding hydrogens is 366 g/mol. The first-order chi connectivity index (χ1) is 13.4. The number of hydrogen-bond acceptors (Lipinski definition) is 4. The van der Waals surface area contributed by atoms with Gasteiger partial charge in [0.2, 0.25) is 0 Å². The van der Waals surface area contributed by atoms with Crippen molar-refractivity contribution >= 4 is 22.4 Å². The minimum atomic E-state index is -0.656. The third-order valence-electron chi connectivity index (χ3n) is 4.16. The predicted molar refractivity (Wildman–Crippen MR) is 102 cm³/mol. The van der Waals surface area contributed by atoms with Crippen LogP contribution in [0.15, 0.2) is 52.4 Å². The van der Waals surface area contributed by atoms with E-state index in [0.717, 1.165) is 18.2 Å². The number of carbonyl (C=O) groups is 1. The molecule has 0 radical (unpaired) electrons. The molecule has 0 bridgehead atoms. The molecule has 0 unspecified atom stereocenters. The van der Waals surface area contributed by atoms with Crippen LogP contribution >= 0.6 is 0 Å². The average molecular weight is 384 g/mol. The molecule has 0 spiro atoms. The molecule has 0 saturated heterocycles. The molecule has 1 heterocycles. The van der Waals surface area contributed by atoms with Gasteiger partial charge in [-0.1, -0.05) is 25.1 Å². The fourth-order valence-electron chi connectivity index (χ4n) is 2.79. The average Bonchev–Trinajstić information content (AvgIpc) is 2.70. The second-order valence-corrected chi connectivity index (χ2v) is 6.18. The van der Waals surface area contributed by atoms with Crippen LogP contribution in [-0.2, 0) is 6.54 Å². The largest absolute Gasteiger partial charge is 0.292 e. The Hall–Kier alpha value is -3.42. The minimum Gasteiger partial charge on any atom is -0.267 e. The summed E-state index contributed by atoms with van der Waals surface area (Å²) in [6, 6.07) is 9.63. The summed E-state index contributed by atoms with van der Waals surface area (Å²) in [5.74, 6) is -1.93. The topological polar surface area (TPSA) is 76.3 Å². The van der Waals surface area contributed by atoms with Gasteiger partial charge in [-0.2, -0.15) is 10.2 Å². The number of amides is 1. The molecule has 0 aliphatic heterocycles. The van der Waals surface area contributed by atoms with Crippen molar-refractivity contribution < 1.29 is 13.6 Å². The number of halogens is 2. The van der Waals surface area contributed by atoms with Crippen LogP contribution in [0.3, 0.4) is 0 Å². The van der Waals surface area contributed by atoms with E-state index >= 15 is 0 Å². The summed E-state index contributed by atoms with van der Waals surface area (Å²) in [5.41, 5.74) is 2.09. The molecule has 0 saturated carbocycles. The summed E-state index contributed by atoms with van der Waals surface area (Å²) in [4.78, 5) is 25.1. The van der Waals surface area contributed by atoms with Gasteiger partial charge in [-0.15, -0.1) is 0 Å². The summed E-state index contributed by atoms with van der Waals surface area (Å²) >= 11 is 0. The van der Waals surface area contributed by atoms with Crippen molar-refractivity contribution in [2.45, 2.75) is 26.8 Å². The molecular formula is C20H18F2N4O2. The number of hydrogen-bond donors (Lipinski definition) is 1. The summed E-state index contributed by atoms with van der Waals surface area (Å²) in [5, 5.41) is 8.78. The number of benzene rings is 2. The molecule has 1 N–H and O–H groups in total. The maximum absolute atomic E-state index is 13.8.